The largest absolute Gasteiger partial charge is 0.345 e. The molecule has 1 aliphatic carbocycles. The van der Waals surface area contributed by atoms with Gasteiger partial charge in [-0.2, -0.15) is 0 Å². The van der Waals surface area contributed by atoms with Crippen LogP contribution in [0.4, 0.5) is 0 Å². The topological polar surface area (TPSA) is 45.6 Å². The van der Waals surface area contributed by atoms with Crippen molar-refractivity contribution in [2.45, 2.75) is 65.6 Å². The summed E-state index contributed by atoms with van der Waals surface area (Å²) in [6.07, 6.45) is 3.70. The summed E-state index contributed by atoms with van der Waals surface area (Å²) in [5, 5.41) is 0.735. The molecule has 202 valence electrons. The second kappa shape index (κ2) is 12.7. The van der Waals surface area contributed by atoms with Gasteiger partial charge in [0.1, 0.15) is 6.54 Å². The van der Waals surface area contributed by atoms with Crippen molar-refractivity contribution in [3.63, 3.8) is 0 Å². The lowest BCUT2D eigenvalue weighted by Crippen LogP contribution is -2.48. The molecule has 1 saturated carbocycles. The third-order valence-electron chi connectivity index (χ3n) is 7.56. The first-order valence-electron chi connectivity index (χ1n) is 13.8. The summed E-state index contributed by atoms with van der Waals surface area (Å²) in [4.78, 5) is 31.1. The van der Waals surface area contributed by atoms with Crippen LogP contribution < -0.4 is 0 Å². The monoisotopic (exact) mass is 533 g/mol. The van der Waals surface area contributed by atoms with Gasteiger partial charge in [0, 0.05) is 42.0 Å². The fraction of sp³-hybridized carbons (Fsp3) is 0.438. The molecule has 5 nitrogen and oxygen atoms in total. The lowest BCUT2D eigenvalue weighted by molar-refractivity contribution is -0.143. The number of rotatable bonds is 12. The summed E-state index contributed by atoms with van der Waals surface area (Å²) in [7, 11) is 0. The molecule has 0 N–H and O–H groups in total. The van der Waals surface area contributed by atoms with Crippen LogP contribution in [0.15, 0.2) is 72.9 Å². The molecule has 1 aromatic heterocycles. The SMILES string of the molecule is CCC(C)N(CC(=O)N(Cc1cccn1Cc1ccccc1Cl)CC(C)C)C(=O)C1CC1c1ccccc1. The van der Waals surface area contributed by atoms with Crippen molar-refractivity contribution < 1.29 is 9.59 Å². The second-order valence-electron chi connectivity index (χ2n) is 11.0. The molecular weight excluding hydrogens is 494 g/mol. The molecule has 3 atom stereocenters. The van der Waals surface area contributed by atoms with E-state index < -0.39 is 0 Å². The van der Waals surface area contributed by atoms with E-state index in [0.717, 1.165) is 29.1 Å². The highest BCUT2D eigenvalue weighted by molar-refractivity contribution is 6.31. The van der Waals surface area contributed by atoms with Gasteiger partial charge in [-0.05, 0) is 60.9 Å². The Kier molecular flexibility index (Phi) is 9.32. The number of nitrogens with zero attached hydrogens (tertiary/aromatic N) is 3. The van der Waals surface area contributed by atoms with Gasteiger partial charge in [0.05, 0.1) is 6.54 Å². The zero-order valence-electron chi connectivity index (χ0n) is 23.0. The maximum Gasteiger partial charge on any atom is 0.242 e. The molecule has 4 rings (SSSR count). The number of halogens is 1. The van der Waals surface area contributed by atoms with Crippen LogP contribution in [0.2, 0.25) is 5.02 Å². The van der Waals surface area contributed by atoms with Crippen molar-refractivity contribution in [3.05, 3.63) is 94.8 Å². The Morgan fingerprint density at radius 1 is 1.00 bits per heavy atom. The summed E-state index contributed by atoms with van der Waals surface area (Å²) in [5.74, 6) is 0.628. The normalized spacial score (nSPS) is 17.3. The zero-order chi connectivity index (χ0) is 27.2. The molecular formula is C32H40ClN3O2. The molecule has 0 bridgehead atoms. The summed E-state index contributed by atoms with van der Waals surface area (Å²) in [6.45, 7) is 10.2. The Labute approximate surface area is 232 Å². The number of amides is 2. The smallest absolute Gasteiger partial charge is 0.242 e. The van der Waals surface area contributed by atoms with Crippen LogP contribution in [-0.4, -0.2) is 45.3 Å². The van der Waals surface area contributed by atoms with E-state index in [1.807, 2.05) is 71.5 Å². The molecule has 3 aromatic rings. The van der Waals surface area contributed by atoms with Crippen LogP contribution in [-0.2, 0) is 22.7 Å². The van der Waals surface area contributed by atoms with E-state index >= 15 is 0 Å². The van der Waals surface area contributed by atoms with Gasteiger partial charge in [0.25, 0.3) is 0 Å². The minimum atomic E-state index is -0.0365. The highest BCUT2D eigenvalue weighted by Gasteiger charge is 2.46. The summed E-state index contributed by atoms with van der Waals surface area (Å²) >= 11 is 6.41. The number of hydrogen-bond acceptors (Lipinski definition) is 2. The third-order valence-corrected chi connectivity index (χ3v) is 7.93. The van der Waals surface area contributed by atoms with E-state index in [1.165, 1.54) is 5.56 Å². The first-order chi connectivity index (χ1) is 18.3. The predicted octanol–water partition coefficient (Wildman–Crippen LogP) is 6.61. The van der Waals surface area contributed by atoms with E-state index in [2.05, 4.69) is 43.5 Å². The zero-order valence-corrected chi connectivity index (χ0v) is 23.8. The standard InChI is InChI=1S/C32H40ClN3O2/c1-5-24(4)36(32(38)29-18-28(29)25-12-7-6-8-13-25)22-31(37)35(19-23(2)3)21-27-15-11-17-34(27)20-26-14-9-10-16-30(26)33/h6-17,23-24,28-29H,5,18-22H2,1-4H3. The van der Waals surface area contributed by atoms with E-state index in [9.17, 15) is 9.59 Å². The molecule has 0 aliphatic heterocycles. The number of benzene rings is 2. The van der Waals surface area contributed by atoms with Gasteiger partial charge in [-0.3, -0.25) is 9.59 Å². The van der Waals surface area contributed by atoms with Gasteiger partial charge in [0.2, 0.25) is 11.8 Å². The number of aromatic nitrogens is 1. The molecule has 1 aliphatic rings. The van der Waals surface area contributed by atoms with Gasteiger partial charge in [-0.25, -0.2) is 0 Å². The first kappa shape index (κ1) is 28.0. The fourth-order valence-corrected chi connectivity index (χ4v) is 5.31. The molecule has 2 amide bonds. The van der Waals surface area contributed by atoms with Gasteiger partial charge < -0.3 is 14.4 Å². The van der Waals surface area contributed by atoms with Crippen LogP contribution in [0.25, 0.3) is 0 Å². The number of carbonyl (C=O) groups excluding carboxylic acids is 2. The number of hydrogen-bond donors (Lipinski definition) is 0. The van der Waals surface area contributed by atoms with Crippen molar-refractivity contribution in [2.24, 2.45) is 11.8 Å². The minimum absolute atomic E-state index is 0.00486. The van der Waals surface area contributed by atoms with Gasteiger partial charge in [-0.1, -0.05) is 80.9 Å². The summed E-state index contributed by atoms with van der Waals surface area (Å²) in [5.41, 5.74) is 3.30. The van der Waals surface area contributed by atoms with Crippen molar-refractivity contribution in [1.29, 1.82) is 0 Å². The molecule has 0 saturated heterocycles. The second-order valence-corrected chi connectivity index (χ2v) is 11.4. The maximum atomic E-state index is 13.8. The van der Waals surface area contributed by atoms with Crippen molar-refractivity contribution in [2.75, 3.05) is 13.1 Å². The van der Waals surface area contributed by atoms with Crippen molar-refractivity contribution >= 4 is 23.4 Å². The molecule has 6 heteroatoms. The summed E-state index contributed by atoms with van der Waals surface area (Å²) < 4.78 is 2.15. The quantitative estimate of drug-likeness (QED) is 0.263. The van der Waals surface area contributed by atoms with Gasteiger partial charge >= 0.3 is 0 Å². The number of carbonyl (C=O) groups is 2. The van der Waals surface area contributed by atoms with Crippen LogP contribution in [0.3, 0.4) is 0 Å². The molecule has 0 spiro atoms. The summed E-state index contributed by atoms with van der Waals surface area (Å²) in [6, 6.07) is 22.2. The van der Waals surface area contributed by atoms with Crippen LogP contribution in [0, 0.1) is 11.8 Å². The first-order valence-corrected chi connectivity index (χ1v) is 14.2. The Bertz CT molecular complexity index is 1220. The van der Waals surface area contributed by atoms with Crippen LogP contribution in [0.1, 0.15) is 63.3 Å². The average molecular weight is 534 g/mol. The van der Waals surface area contributed by atoms with Crippen molar-refractivity contribution in [3.8, 4) is 0 Å². The van der Waals surface area contributed by atoms with Crippen molar-refractivity contribution in [1.82, 2.24) is 14.4 Å². The van der Waals surface area contributed by atoms with Gasteiger partial charge in [0.15, 0.2) is 0 Å². The minimum Gasteiger partial charge on any atom is -0.345 e. The Morgan fingerprint density at radius 3 is 2.39 bits per heavy atom. The predicted molar refractivity (Wildman–Crippen MR) is 154 cm³/mol. The van der Waals surface area contributed by atoms with E-state index in [0.29, 0.717) is 25.6 Å². The average Bonchev–Trinajstić information content (AvgIpc) is 3.60. The highest BCUT2D eigenvalue weighted by atomic mass is 35.5. The van der Waals surface area contributed by atoms with Gasteiger partial charge in [-0.15, -0.1) is 0 Å². The lowest BCUT2D eigenvalue weighted by Gasteiger charge is -2.32. The fourth-order valence-electron chi connectivity index (χ4n) is 5.11. The van der Waals surface area contributed by atoms with E-state index in [4.69, 9.17) is 11.6 Å². The Morgan fingerprint density at radius 2 is 1.71 bits per heavy atom. The molecule has 1 heterocycles. The molecule has 3 unspecified atom stereocenters. The Hall–Kier alpha value is -3.05. The molecule has 38 heavy (non-hydrogen) atoms. The molecule has 1 fully saturated rings. The molecule has 0 radical (unpaired) electrons. The lowest BCUT2D eigenvalue weighted by atomic mass is 10.1. The van der Waals surface area contributed by atoms with Crippen LogP contribution >= 0.6 is 11.6 Å². The van der Waals surface area contributed by atoms with Crippen LogP contribution in [0.5, 0.6) is 0 Å². The molecule has 2 aromatic carbocycles. The van der Waals surface area contributed by atoms with E-state index in [-0.39, 0.29) is 36.2 Å². The highest BCUT2D eigenvalue weighted by Crippen LogP contribution is 2.48. The maximum absolute atomic E-state index is 13.8. The van der Waals surface area contributed by atoms with E-state index in [1.54, 1.807) is 0 Å². The third kappa shape index (κ3) is 6.87. The Balaban J connectivity index is 1.48.